The molecule has 1 heteroatoms. The lowest BCUT2D eigenvalue weighted by atomic mass is 10.4. The molecule has 0 aliphatic carbocycles. The van der Waals surface area contributed by atoms with Crippen molar-refractivity contribution < 1.29 is 0 Å². The molecule has 0 heterocycles. The van der Waals surface area contributed by atoms with Gasteiger partial charge in [-0.1, -0.05) is 55.3 Å². The Morgan fingerprint density at radius 3 is 2.08 bits per heavy atom. The van der Waals surface area contributed by atoms with E-state index in [-0.39, 0.29) is 0 Å². The lowest BCUT2D eigenvalue weighted by molar-refractivity contribution is 1.68. The standard InChI is InChI=1S/C12H16S/c1-5-9-10-12(8-4)13-11(6-2)7-3/h5-10H,1-2H2,3-4H3/b10-9-,11-7+,12-8+. The predicted octanol–water partition coefficient (Wildman–Crippen LogP) is 4.46. The molecule has 70 valence electrons. The maximum Gasteiger partial charge on any atom is 0.00790 e. The summed E-state index contributed by atoms with van der Waals surface area (Å²) in [5.41, 5.74) is 0. The van der Waals surface area contributed by atoms with Gasteiger partial charge in [-0.05, 0) is 19.9 Å². The second-order valence-corrected chi connectivity index (χ2v) is 3.43. The Morgan fingerprint density at radius 2 is 1.69 bits per heavy atom. The van der Waals surface area contributed by atoms with E-state index < -0.39 is 0 Å². The number of allylic oxidation sites excluding steroid dienone is 6. The van der Waals surface area contributed by atoms with Crippen LogP contribution in [0.25, 0.3) is 0 Å². The van der Waals surface area contributed by atoms with Crippen LogP contribution >= 0.6 is 11.8 Å². The minimum Gasteiger partial charge on any atom is -0.0991 e. The van der Waals surface area contributed by atoms with Gasteiger partial charge in [-0.2, -0.15) is 0 Å². The molecule has 0 aliphatic heterocycles. The maximum absolute atomic E-state index is 3.74. The van der Waals surface area contributed by atoms with Gasteiger partial charge in [-0.3, -0.25) is 0 Å². The van der Waals surface area contributed by atoms with Crippen LogP contribution in [0.15, 0.2) is 59.4 Å². The van der Waals surface area contributed by atoms with E-state index in [9.17, 15) is 0 Å². The molecule has 0 radical (unpaired) electrons. The molecule has 0 saturated carbocycles. The fourth-order valence-electron chi connectivity index (χ4n) is 0.707. The molecule has 0 aromatic rings. The van der Waals surface area contributed by atoms with Crippen LogP contribution in [0.2, 0.25) is 0 Å². The summed E-state index contributed by atoms with van der Waals surface area (Å²) >= 11 is 1.70. The van der Waals surface area contributed by atoms with Gasteiger partial charge in [0.1, 0.15) is 0 Å². The molecular formula is C12H16S. The molecule has 0 fully saturated rings. The SMILES string of the molecule is C=C/C=C\C(=C/C)S/C(C=C)=C/C. The number of hydrogen-bond donors (Lipinski definition) is 0. The first-order valence-corrected chi connectivity index (χ1v) is 5.02. The molecule has 0 N–H and O–H groups in total. The van der Waals surface area contributed by atoms with Crippen LogP contribution in [0.5, 0.6) is 0 Å². The first-order valence-electron chi connectivity index (χ1n) is 4.20. The van der Waals surface area contributed by atoms with Crippen LogP contribution < -0.4 is 0 Å². The van der Waals surface area contributed by atoms with Crippen molar-refractivity contribution in [1.29, 1.82) is 0 Å². The minimum absolute atomic E-state index is 1.17. The fraction of sp³-hybridized carbons (Fsp3) is 0.167. The number of thioether (sulfide) groups is 1. The Hall–Kier alpha value is -0.950. The van der Waals surface area contributed by atoms with Crippen LogP contribution in [0.1, 0.15) is 13.8 Å². The Balaban J connectivity index is 4.38. The van der Waals surface area contributed by atoms with Gasteiger partial charge in [0, 0.05) is 9.81 Å². The zero-order valence-electron chi connectivity index (χ0n) is 8.29. The van der Waals surface area contributed by atoms with Crippen LogP contribution in [0.3, 0.4) is 0 Å². The van der Waals surface area contributed by atoms with Gasteiger partial charge in [0.15, 0.2) is 0 Å². The summed E-state index contributed by atoms with van der Waals surface area (Å²) in [5, 5.41) is 0. The van der Waals surface area contributed by atoms with Gasteiger partial charge < -0.3 is 0 Å². The first-order chi connectivity index (χ1) is 6.28. The molecule has 0 spiro atoms. The topological polar surface area (TPSA) is 0 Å². The zero-order valence-corrected chi connectivity index (χ0v) is 9.10. The van der Waals surface area contributed by atoms with Crippen molar-refractivity contribution in [2.75, 3.05) is 0 Å². The van der Waals surface area contributed by atoms with Crippen molar-refractivity contribution in [2.45, 2.75) is 13.8 Å². The molecule has 0 unspecified atom stereocenters. The molecule has 0 rings (SSSR count). The molecule has 13 heavy (non-hydrogen) atoms. The monoisotopic (exact) mass is 192 g/mol. The van der Waals surface area contributed by atoms with E-state index in [2.05, 4.69) is 19.2 Å². The summed E-state index contributed by atoms with van der Waals surface area (Å²) in [6.07, 6.45) is 11.7. The van der Waals surface area contributed by atoms with Gasteiger partial charge in [-0.25, -0.2) is 0 Å². The Bertz CT molecular complexity index is 254. The zero-order chi connectivity index (χ0) is 10.1. The number of hydrogen-bond acceptors (Lipinski definition) is 1. The molecule has 0 saturated heterocycles. The van der Waals surface area contributed by atoms with Crippen molar-refractivity contribution in [3.63, 3.8) is 0 Å². The molecule has 0 aromatic heterocycles. The summed E-state index contributed by atoms with van der Waals surface area (Å²) in [6.45, 7) is 11.4. The summed E-state index contributed by atoms with van der Waals surface area (Å²) in [5.74, 6) is 0. The van der Waals surface area contributed by atoms with Gasteiger partial charge in [-0.15, -0.1) is 0 Å². The first kappa shape index (κ1) is 12.0. The Morgan fingerprint density at radius 1 is 1.08 bits per heavy atom. The third-order valence-corrected chi connectivity index (χ3v) is 2.65. The summed E-state index contributed by atoms with van der Waals surface area (Å²) < 4.78 is 0. The minimum atomic E-state index is 1.17. The quantitative estimate of drug-likeness (QED) is 0.580. The average molecular weight is 192 g/mol. The predicted molar refractivity (Wildman–Crippen MR) is 64.6 cm³/mol. The molecule has 0 aliphatic rings. The second kappa shape index (κ2) is 7.69. The maximum atomic E-state index is 3.74. The Kier molecular flexibility index (Phi) is 7.12. The normalized spacial score (nSPS) is 13.4. The number of rotatable bonds is 5. The van der Waals surface area contributed by atoms with E-state index in [0.29, 0.717) is 0 Å². The third-order valence-electron chi connectivity index (χ3n) is 1.40. The highest BCUT2D eigenvalue weighted by Crippen LogP contribution is 2.26. The van der Waals surface area contributed by atoms with Gasteiger partial charge >= 0.3 is 0 Å². The Labute approximate surface area is 85.4 Å². The highest BCUT2D eigenvalue weighted by Gasteiger charge is 1.93. The van der Waals surface area contributed by atoms with Crippen molar-refractivity contribution in [3.05, 3.63) is 59.4 Å². The highest BCUT2D eigenvalue weighted by atomic mass is 32.2. The van der Waals surface area contributed by atoms with Crippen molar-refractivity contribution in [1.82, 2.24) is 0 Å². The second-order valence-electron chi connectivity index (χ2n) is 2.28. The van der Waals surface area contributed by atoms with Crippen LogP contribution in [-0.4, -0.2) is 0 Å². The third kappa shape index (κ3) is 5.31. The fourth-order valence-corrected chi connectivity index (χ4v) is 1.44. The van der Waals surface area contributed by atoms with Crippen molar-refractivity contribution in [2.24, 2.45) is 0 Å². The van der Waals surface area contributed by atoms with Gasteiger partial charge in [0.05, 0.1) is 0 Å². The summed E-state index contributed by atoms with van der Waals surface area (Å²) in [4.78, 5) is 2.37. The smallest absolute Gasteiger partial charge is 0.00790 e. The van der Waals surface area contributed by atoms with Crippen LogP contribution in [-0.2, 0) is 0 Å². The summed E-state index contributed by atoms with van der Waals surface area (Å²) in [6, 6.07) is 0. The van der Waals surface area contributed by atoms with Gasteiger partial charge in [0.2, 0.25) is 0 Å². The van der Waals surface area contributed by atoms with E-state index in [0.717, 1.165) is 0 Å². The van der Waals surface area contributed by atoms with Crippen molar-refractivity contribution >= 4 is 11.8 Å². The molecule has 0 bridgehead atoms. The lowest BCUT2D eigenvalue weighted by Gasteiger charge is -2.00. The van der Waals surface area contributed by atoms with Gasteiger partial charge in [0.25, 0.3) is 0 Å². The van der Waals surface area contributed by atoms with Crippen LogP contribution in [0.4, 0.5) is 0 Å². The molecule has 0 nitrogen and oxygen atoms in total. The molecular weight excluding hydrogens is 176 g/mol. The van der Waals surface area contributed by atoms with E-state index >= 15 is 0 Å². The molecule has 0 aromatic carbocycles. The molecule has 0 atom stereocenters. The van der Waals surface area contributed by atoms with E-state index in [1.165, 1.54) is 9.81 Å². The van der Waals surface area contributed by atoms with Crippen molar-refractivity contribution in [3.8, 4) is 0 Å². The average Bonchev–Trinajstić information content (AvgIpc) is 2.19. The molecule has 0 amide bonds. The lowest BCUT2D eigenvalue weighted by Crippen LogP contribution is -1.72. The largest absolute Gasteiger partial charge is 0.0991 e. The summed E-state index contributed by atoms with van der Waals surface area (Å²) in [7, 11) is 0. The highest BCUT2D eigenvalue weighted by molar-refractivity contribution is 8.07. The van der Waals surface area contributed by atoms with Crippen LogP contribution in [0, 0.1) is 0 Å². The van der Waals surface area contributed by atoms with E-state index in [1.807, 2.05) is 38.2 Å². The van der Waals surface area contributed by atoms with E-state index in [1.54, 1.807) is 17.8 Å². The van der Waals surface area contributed by atoms with E-state index in [4.69, 9.17) is 0 Å².